The highest BCUT2D eigenvalue weighted by Gasteiger charge is 2.16. The number of aromatic nitrogens is 3. The topological polar surface area (TPSA) is 85.6 Å². The molecule has 0 spiro atoms. The zero-order valence-electron chi connectivity index (χ0n) is 17.7. The summed E-state index contributed by atoms with van der Waals surface area (Å²) in [5, 5.41) is 15.2. The van der Waals surface area contributed by atoms with E-state index in [1.54, 1.807) is 7.11 Å². The molecule has 0 atom stereocenters. The Labute approximate surface area is 172 Å². The second-order valence-electron chi connectivity index (χ2n) is 6.93. The van der Waals surface area contributed by atoms with Gasteiger partial charge in [-0.2, -0.15) is 0 Å². The second kappa shape index (κ2) is 10.7. The molecule has 1 aliphatic rings. The minimum atomic E-state index is 0.540. The van der Waals surface area contributed by atoms with Crippen molar-refractivity contribution in [1.82, 2.24) is 25.4 Å². The van der Waals surface area contributed by atoms with Crippen molar-refractivity contribution in [3.05, 3.63) is 35.4 Å². The molecule has 2 heterocycles. The van der Waals surface area contributed by atoms with E-state index in [0.29, 0.717) is 13.2 Å². The lowest BCUT2D eigenvalue weighted by molar-refractivity contribution is 0.310. The molecule has 3 rings (SSSR count). The van der Waals surface area contributed by atoms with Gasteiger partial charge >= 0.3 is 0 Å². The van der Waals surface area contributed by atoms with E-state index in [-0.39, 0.29) is 0 Å². The first-order valence-corrected chi connectivity index (χ1v) is 10.5. The van der Waals surface area contributed by atoms with E-state index in [9.17, 15) is 0 Å². The number of benzene rings is 1. The Kier molecular flexibility index (Phi) is 7.72. The van der Waals surface area contributed by atoms with Gasteiger partial charge in [-0.15, -0.1) is 10.2 Å². The first-order chi connectivity index (χ1) is 14.2. The molecule has 2 aromatic rings. The quantitative estimate of drug-likeness (QED) is 0.362. The van der Waals surface area contributed by atoms with Crippen molar-refractivity contribution >= 4 is 5.96 Å². The Hall–Kier alpha value is -2.77. The van der Waals surface area contributed by atoms with E-state index in [0.717, 1.165) is 74.4 Å². The third-order valence-corrected chi connectivity index (χ3v) is 4.87. The van der Waals surface area contributed by atoms with E-state index >= 15 is 0 Å². The van der Waals surface area contributed by atoms with Gasteiger partial charge in [-0.25, -0.2) is 4.99 Å². The van der Waals surface area contributed by atoms with Crippen molar-refractivity contribution in [3.63, 3.8) is 0 Å². The fourth-order valence-corrected chi connectivity index (χ4v) is 3.46. The van der Waals surface area contributed by atoms with E-state index in [1.807, 2.05) is 13.0 Å². The number of ether oxygens (including phenoxy) is 2. The number of guanidine groups is 1. The lowest BCUT2D eigenvalue weighted by atomic mass is 10.1. The molecule has 2 N–H and O–H groups in total. The minimum absolute atomic E-state index is 0.540. The van der Waals surface area contributed by atoms with Gasteiger partial charge in [0, 0.05) is 26.1 Å². The second-order valence-corrected chi connectivity index (χ2v) is 6.93. The lowest BCUT2D eigenvalue weighted by Crippen LogP contribution is -2.38. The molecule has 0 unspecified atom stereocenters. The predicted octanol–water partition coefficient (Wildman–Crippen LogP) is 2.32. The SMILES string of the molecule is CCNC(=NCc1nnc2n1CCC2)NCCCc1ccc(OC)c(OCC)c1. The molecule has 0 bridgehead atoms. The molecule has 8 nitrogen and oxygen atoms in total. The number of fused-ring (bicyclic) bond motifs is 1. The zero-order chi connectivity index (χ0) is 20.5. The molecule has 0 aliphatic carbocycles. The summed E-state index contributed by atoms with van der Waals surface area (Å²) in [6, 6.07) is 6.12. The van der Waals surface area contributed by atoms with Gasteiger partial charge in [0.15, 0.2) is 23.3 Å². The number of aliphatic imine (C=N–C) groups is 1. The van der Waals surface area contributed by atoms with Gasteiger partial charge in [0.05, 0.1) is 13.7 Å². The summed E-state index contributed by atoms with van der Waals surface area (Å²) >= 11 is 0. The molecule has 158 valence electrons. The molecule has 0 saturated carbocycles. The molecule has 0 fully saturated rings. The van der Waals surface area contributed by atoms with Gasteiger partial charge in [-0.1, -0.05) is 6.07 Å². The minimum Gasteiger partial charge on any atom is -0.493 e. The zero-order valence-corrected chi connectivity index (χ0v) is 17.7. The van der Waals surface area contributed by atoms with E-state index in [2.05, 4.69) is 49.4 Å². The number of hydrogen-bond acceptors (Lipinski definition) is 5. The third-order valence-electron chi connectivity index (χ3n) is 4.87. The van der Waals surface area contributed by atoms with Crippen molar-refractivity contribution in [2.45, 2.75) is 52.6 Å². The highest BCUT2D eigenvalue weighted by atomic mass is 16.5. The summed E-state index contributed by atoms with van der Waals surface area (Å²) in [6.07, 6.45) is 4.11. The molecule has 0 saturated heterocycles. The maximum absolute atomic E-state index is 5.66. The van der Waals surface area contributed by atoms with Crippen molar-refractivity contribution in [3.8, 4) is 11.5 Å². The van der Waals surface area contributed by atoms with Gasteiger partial charge in [-0.05, 0) is 50.8 Å². The average molecular weight is 401 g/mol. The largest absolute Gasteiger partial charge is 0.493 e. The molecule has 1 aliphatic heterocycles. The first kappa shape index (κ1) is 21.0. The van der Waals surface area contributed by atoms with Crippen LogP contribution in [0.1, 0.15) is 43.9 Å². The third kappa shape index (κ3) is 5.62. The molecular weight excluding hydrogens is 368 g/mol. The maximum Gasteiger partial charge on any atom is 0.191 e. The number of aryl methyl sites for hydroxylation is 2. The number of nitrogens with zero attached hydrogens (tertiary/aromatic N) is 4. The van der Waals surface area contributed by atoms with Crippen LogP contribution >= 0.6 is 0 Å². The monoisotopic (exact) mass is 400 g/mol. The molecule has 29 heavy (non-hydrogen) atoms. The van der Waals surface area contributed by atoms with E-state index in [4.69, 9.17) is 9.47 Å². The van der Waals surface area contributed by atoms with Gasteiger partial charge < -0.3 is 24.7 Å². The molecular formula is C21H32N6O2. The van der Waals surface area contributed by atoms with Gasteiger partial charge in [0.1, 0.15) is 12.4 Å². The molecule has 8 heteroatoms. The summed E-state index contributed by atoms with van der Waals surface area (Å²) in [7, 11) is 1.66. The van der Waals surface area contributed by atoms with Crippen LogP contribution in [-0.2, 0) is 25.9 Å². The first-order valence-electron chi connectivity index (χ1n) is 10.5. The molecule has 1 aromatic carbocycles. The Bertz CT molecular complexity index is 817. The van der Waals surface area contributed by atoms with Crippen molar-refractivity contribution in [2.75, 3.05) is 26.8 Å². The standard InChI is InChI=1S/C21H32N6O2/c1-4-22-21(24-15-20-26-25-19-9-7-13-27(19)20)23-12-6-8-16-10-11-17(28-3)18(14-16)29-5-2/h10-11,14H,4-9,12-13,15H2,1-3H3,(H2,22,23,24). The van der Waals surface area contributed by atoms with Crippen molar-refractivity contribution < 1.29 is 9.47 Å². The van der Waals surface area contributed by atoms with Gasteiger partial charge in [0.25, 0.3) is 0 Å². The predicted molar refractivity (Wildman–Crippen MR) is 114 cm³/mol. The van der Waals surface area contributed by atoms with Crippen LogP contribution in [0.2, 0.25) is 0 Å². The number of hydrogen-bond donors (Lipinski definition) is 2. The summed E-state index contributed by atoms with van der Waals surface area (Å²) < 4.78 is 13.2. The highest BCUT2D eigenvalue weighted by molar-refractivity contribution is 5.79. The molecule has 0 radical (unpaired) electrons. The van der Waals surface area contributed by atoms with Crippen LogP contribution < -0.4 is 20.1 Å². The van der Waals surface area contributed by atoms with Crippen LogP contribution in [0.15, 0.2) is 23.2 Å². The summed E-state index contributed by atoms with van der Waals surface area (Å²) in [5.41, 5.74) is 1.23. The fourth-order valence-electron chi connectivity index (χ4n) is 3.46. The highest BCUT2D eigenvalue weighted by Crippen LogP contribution is 2.28. The fraction of sp³-hybridized carbons (Fsp3) is 0.571. The van der Waals surface area contributed by atoms with Crippen LogP contribution in [0.25, 0.3) is 0 Å². The maximum atomic E-state index is 5.66. The Morgan fingerprint density at radius 3 is 2.90 bits per heavy atom. The summed E-state index contributed by atoms with van der Waals surface area (Å²) in [5.74, 6) is 4.41. The van der Waals surface area contributed by atoms with Crippen molar-refractivity contribution in [1.29, 1.82) is 0 Å². The van der Waals surface area contributed by atoms with Crippen LogP contribution in [-0.4, -0.2) is 47.5 Å². The van der Waals surface area contributed by atoms with Crippen LogP contribution in [0.5, 0.6) is 11.5 Å². The number of methoxy groups -OCH3 is 1. The Morgan fingerprint density at radius 2 is 2.10 bits per heavy atom. The van der Waals surface area contributed by atoms with Gasteiger partial charge in [0.2, 0.25) is 0 Å². The average Bonchev–Trinajstić information content (AvgIpc) is 3.34. The summed E-state index contributed by atoms with van der Waals surface area (Å²) in [4.78, 5) is 4.67. The lowest BCUT2D eigenvalue weighted by Gasteiger charge is -2.13. The van der Waals surface area contributed by atoms with Crippen LogP contribution in [0.3, 0.4) is 0 Å². The van der Waals surface area contributed by atoms with E-state index in [1.165, 1.54) is 5.56 Å². The summed E-state index contributed by atoms with van der Waals surface area (Å²) in [6.45, 7) is 7.87. The van der Waals surface area contributed by atoms with Crippen LogP contribution in [0.4, 0.5) is 0 Å². The van der Waals surface area contributed by atoms with Crippen LogP contribution in [0, 0.1) is 0 Å². The number of nitrogens with one attached hydrogen (secondary N) is 2. The van der Waals surface area contributed by atoms with E-state index < -0.39 is 0 Å². The smallest absolute Gasteiger partial charge is 0.191 e. The van der Waals surface area contributed by atoms with Crippen molar-refractivity contribution in [2.24, 2.45) is 4.99 Å². The number of rotatable bonds is 10. The Morgan fingerprint density at radius 1 is 1.21 bits per heavy atom. The van der Waals surface area contributed by atoms with Gasteiger partial charge in [-0.3, -0.25) is 0 Å². The Balaban J connectivity index is 1.50. The normalized spacial score (nSPS) is 13.3. The molecule has 0 amide bonds. The molecule has 1 aromatic heterocycles.